The van der Waals surface area contributed by atoms with E-state index in [1.165, 1.54) is 74.2 Å². The lowest BCUT2D eigenvalue weighted by Crippen LogP contribution is -2.36. The standard InChI is InChI=1S/C32H40F2N4O4.2ClH/c33-25-13-17-27(18-14-25)41-31(39)37-23-21-35-29(37)11-9-7-5-3-1-2-4-6-8-10-12-30-36-22-24-38(30)32(40)42-28-19-15-26(34)16-20-28;;/h13-20H,1-12,21-24H2;2*1H. The van der Waals surface area contributed by atoms with E-state index < -0.39 is 12.2 Å². The number of amidine groups is 2. The number of amides is 2. The van der Waals surface area contributed by atoms with Crippen LogP contribution >= 0.6 is 24.8 Å². The van der Waals surface area contributed by atoms with E-state index in [4.69, 9.17) is 9.47 Å². The molecular weight excluding hydrogens is 613 g/mol. The van der Waals surface area contributed by atoms with Gasteiger partial charge in [-0.2, -0.15) is 0 Å². The summed E-state index contributed by atoms with van der Waals surface area (Å²) in [5.41, 5.74) is 0. The summed E-state index contributed by atoms with van der Waals surface area (Å²) in [6.45, 7) is 2.21. The smallest absolute Gasteiger partial charge is 0.410 e. The maximum Gasteiger partial charge on any atom is 0.420 e. The topological polar surface area (TPSA) is 83.8 Å². The van der Waals surface area contributed by atoms with E-state index in [0.717, 1.165) is 63.0 Å². The summed E-state index contributed by atoms with van der Waals surface area (Å²) < 4.78 is 36.8. The normalized spacial score (nSPS) is 14.0. The number of aliphatic imine (C=N–C) groups is 2. The minimum atomic E-state index is -0.462. The maximum atomic E-state index is 13.1. The lowest BCUT2D eigenvalue weighted by atomic mass is 10.0. The first-order chi connectivity index (χ1) is 20.5. The van der Waals surface area contributed by atoms with Crippen molar-refractivity contribution in [3.05, 3.63) is 60.2 Å². The lowest BCUT2D eigenvalue weighted by molar-refractivity contribution is 0.177. The quantitative estimate of drug-likeness (QED) is 0.180. The van der Waals surface area contributed by atoms with Crippen LogP contribution in [0, 0.1) is 11.6 Å². The summed E-state index contributed by atoms with van der Waals surface area (Å²) in [5, 5.41) is 0. The second-order valence-corrected chi connectivity index (χ2v) is 10.6. The fourth-order valence-corrected chi connectivity index (χ4v) is 5.11. The van der Waals surface area contributed by atoms with Crippen LogP contribution in [0.1, 0.15) is 77.0 Å². The Morgan fingerprint density at radius 2 is 0.886 bits per heavy atom. The Hall–Kier alpha value is -3.24. The van der Waals surface area contributed by atoms with Gasteiger partial charge in [0.05, 0.1) is 26.2 Å². The van der Waals surface area contributed by atoms with Crippen LogP contribution in [0.4, 0.5) is 18.4 Å². The highest BCUT2D eigenvalue weighted by Gasteiger charge is 2.26. The molecule has 0 N–H and O–H groups in total. The summed E-state index contributed by atoms with van der Waals surface area (Å²) in [4.78, 5) is 37.1. The summed E-state index contributed by atoms with van der Waals surface area (Å²) in [5.74, 6) is 1.46. The second-order valence-electron chi connectivity index (χ2n) is 10.6. The third-order valence-electron chi connectivity index (χ3n) is 7.39. The van der Waals surface area contributed by atoms with Crippen LogP contribution in [-0.4, -0.2) is 59.8 Å². The number of hydrogen-bond acceptors (Lipinski definition) is 6. The highest BCUT2D eigenvalue weighted by molar-refractivity contribution is 5.98. The highest BCUT2D eigenvalue weighted by atomic mass is 35.5. The van der Waals surface area contributed by atoms with Crippen molar-refractivity contribution in [3.63, 3.8) is 0 Å². The van der Waals surface area contributed by atoms with E-state index in [1.807, 2.05) is 0 Å². The third-order valence-corrected chi connectivity index (χ3v) is 7.39. The van der Waals surface area contributed by atoms with E-state index in [2.05, 4.69) is 9.98 Å². The molecule has 2 amide bonds. The molecule has 242 valence electrons. The van der Waals surface area contributed by atoms with E-state index >= 15 is 0 Å². The van der Waals surface area contributed by atoms with Crippen molar-refractivity contribution in [2.45, 2.75) is 77.0 Å². The predicted molar refractivity (Wildman–Crippen MR) is 173 cm³/mol. The molecule has 0 bridgehead atoms. The van der Waals surface area contributed by atoms with Gasteiger partial charge in [0.25, 0.3) is 0 Å². The zero-order valence-electron chi connectivity index (χ0n) is 24.9. The summed E-state index contributed by atoms with van der Waals surface area (Å²) in [7, 11) is 0. The molecule has 2 aromatic rings. The van der Waals surface area contributed by atoms with Crippen molar-refractivity contribution in [2.24, 2.45) is 9.98 Å². The number of halogens is 4. The number of rotatable bonds is 15. The lowest BCUT2D eigenvalue weighted by Gasteiger charge is -2.18. The van der Waals surface area contributed by atoms with Gasteiger partial charge >= 0.3 is 12.2 Å². The van der Waals surface area contributed by atoms with Crippen LogP contribution < -0.4 is 9.47 Å². The van der Waals surface area contributed by atoms with E-state index in [9.17, 15) is 18.4 Å². The van der Waals surface area contributed by atoms with Crippen molar-refractivity contribution in [1.29, 1.82) is 0 Å². The minimum absolute atomic E-state index is 0. The molecule has 0 atom stereocenters. The summed E-state index contributed by atoms with van der Waals surface area (Å²) in [6.07, 6.45) is 11.9. The van der Waals surface area contributed by atoms with Crippen LogP contribution in [0.5, 0.6) is 11.5 Å². The number of carbonyl (C=O) groups is 2. The van der Waals surface area contributed by atoms with Gasteiger partial charge in [-0.15, -0.1) is 24.8 Å². The first-order valence-corrected chi connectivity index (χ1v) is 15.1. The molecule has 44 heavy (non-hydrogen) atoms. The van der Waals surface area contributed by atoms with Gasteiger partial charge in [-0.05, 0) is 61.4 Å². The van der Waals surface area contributed by atoms with Crippen LogP contribution in [0.2, 0.25) is 0 Å². The average molecular weight is 656 g/mol. The van der Waals surface area contributed by atoms with Crippen LogP contribution in [0.25, 0.3) is 0 Å². The molecule has 0 saturated heterocycles. The number of hydrogen-bond donors (Lipinski definition) is 0. The molecule has 0 aromatic heterocycles. The molecule has 0 spiro atoms. The van der Waals surface area contributed by atoms with Crippen molar-refractivity contribution in [1.82, 2.24) is 9.80 Å². The Labute approximate surface area is 270 Å². The molecule has 0 unspecified atom stereocenters. The Morgan fingerprint density at radius 1 is 0.568 bits per heavy atom. The molecule has 4 rings (SSSR count). The highest BCUT2D eigenvalue weighted by Crippen LogP contribution is 2.19. The van der Waals surface area contributed by atoms with E-state index in [1.54, 1.807) is 9.80 Å². The summed E-state index contributed by atoms with van der Waals surface area (Å²) >= 11 is 0. The fourth-order valence-electron chi connectivity index (χ4n) is 5.11. The Morgan fingerprint density at radius 3 is 1.23 bits per heavy atom. The third kappa shape index (κ3) is 12.0. The van der Waals surface area contributed by atoms with Crippen molar-refractivity contribution >= 4 is 48.7 Å². The molecule has 2 aliphatic rings. The van der Waals surface area contributed by atoms with Gasteiger partial charge in [0.1, 0.15) is 34.8 Å². The van der Waals surface area contributed by atoms with Gasteiger partial charge in [-0.25, -0.2) is 18.4 Å². The Bertz CT molecular complexity index is 1130. The molecule has 12 heteroatoms. The average Bonchev–Trinajstić information content (AvgIpc) is 3.66. The monoisotopic (exact) mass is 654 g/mol. The van der Waals surface area contributed by atoms with Crippen molar-refractivity contribution in [3.8, 4) is 11.5 Å². The fraction of sp³-hybridized carbons (Fsp3) is 0.500. The van der Waals surface area contributed by atoms with Gasteiger partial charge in [0.15, 0.2) is 0 Å². The van der Waals surface area contributed by atoms with Gasteiger partial charge in [-0.3, -0.25) is 19.8 Å². The van der Waals surface area contributed by atoms with Gasteiger partial charge in [0, 0.05) is 12.8 Å². The first-order valence-electron chi connectivity index (χ1n) is 15.1. The molecule has 0 saturated carbocycles. The van der Waals surface area contributed by atoms with Crippen LogP contribution in [-0.2, 0) is 0 Å². The van der Waals surface area contributed by atoms with Crippen LogP contribution in [0.15, 0.2) is 58.5 Å². The number of benzene rings is 2. The molecule has 2 aromatic carbocycles. The first kappa shape index (κ1) is 36.9. The second kappa shape index (κ2) is 19.9. The zero-order valence-corrected chi connectivity index (χ0v) is 26.6. The van der Waals surface area contributed by atoms with Crippen molar-refractivity contribution < 1.29 is 27.8 Å². The van der Waals surface area contributed by atoms with E-state index in [0.29, 0.717) is 37.7 Å². The number of carbonyl (C=O) groups excluding carboxylic acids is 2. The predicted octanol–water partition coefficient (Wildman–Crippen LogP) is 8.62. The summed E-state index contributed by atoms with van der Waals surface area (Å²) in [6, 6.07) is 10.8. The SMILES string of the molecule is Cl.Cl.O=C(Oc1ccc(F)cc1)N1CCN=C1CCCCCCCCCCCCC1=NCCN1C(=O)Oc1ccc(F)cc1. The maximum absolute atomic E-state index is 13.1. The minimum Gasteiger partial charge on any atom is -0.410 e. The molecule has 0 fully saturated rings. The zero-order chi connectivity index (χ0) is 29.6. The molecule has 0 aliphatic carbocycles. The molecule has 8 nitrogen and oxygen atoms in total. The number of ether oxygens (including phenoxy) is 2. The number of unbranched alkanes of at least 4 members (excludes halogenated alkanes) is 9. The largest absolute Gasteiger partial charge is 0.420 e. The Balaban J connectivity index is 0.00000337. The van der Waals surface area contributed by atoms with E-state index in [-0.39, 0.29) is 36.4 Å². The molecule has 2 aliphatic heterocycles. The van der Waals surface area contributed by atoms with Gasteiger partial charge in [0.2, 0.25) is 0 Å². The van der Waals surface area contributed by atoms with Crippen LogP contribution in [0.3, 0.4) is 0 Å². The molecular formula is C32H42Cl2F2N4O4. The number of nitrogens with zero attached hydrogens (tertiary/aromatic N) is 4. The molecule has 0 radical (unpaired) electrons. The molecule has 2 heterocycles. The Kier molecular flexibility index (Phi) is 16.7. The van der Waals surface area contributed by atoms with Gasteiger partial charge in [-0.1, -0.05) is 51.4 Å². The van der Waals surface area contributed by atoms with Gasteiger partial charge < -0.3 is 9.47 Å². The van der Waals surface area contributed by atoms with Crippen molar-refractivity contribution in [2.75, 3.05) is 26.2 Å².